The zero-order valence-electron chi connectivity index (χ0n) is 22.2. The lowest BCUT2D eigenvalue weighted by Crippen LogP contribution is -2.38. The van der Waals surface area contributed by atoms with Crippen molar-refractivity contribution < 1.29 is 13.2 Å². The topological polar surface area (TPSA) is 87.1 Å². The molecule has 8 nitrogen and oxygen atoms in total. The lowest BCUT2D eigenvalue weighted by atomic mass is 9.81. The Morgan fingerprint density at radius 3 is 2.37 bits per heavy atom. The fourth-order valence-corrected chi connectivity index (χ4v) is 7.14. The summed E-state index contributed by atoms with van der Waals surface area (Å²) in [6.45, 7) is 1.47. The monoisotopic (exact) mass is 605 g/mol. The molecule has 208 valence electrons. The van der Waals surface area contributed by atoms with Gasteiger partial charge in [0.1, 0.15) is 11.3 Å². The summed E-state index contributed by atoms with van der Waals surface area (Å²) in [5, 5.41) is 5.30. The number of pyridine rings is 1. The molecule has 0 amide bonds. The van der Waals surface area contributed by atoms with Crippen LogP contribution in [0.25, 0.3) is 10.9 Å². The van der Waals surface area contributed by atoms with Crippen LogP contribution in [0, 0.1) is 0 Å². The maximum Gasteiger partial charge on any atom is 0.243 e. The summed E-state index contributed by atoms with van der Waals surface area (Å²) in [5.41, 5.74) is 3.90. The van der Waals surface area contributed by atoms with Gasteiger partial charge in [-0.25, -0.2) is 17.7 Å². The van der Waals surface area contributed by atoms with Gasteiger partial charge in [0.15, 0.2) is 11.9 Å². The molecule has 4 heterocycles. The SMILES string of the molecule is CN(C)S(=O)(=O)c1cc2c(c3ncccc13)OC1=NC(c3ccc(Cl)cc3)N3CCNC3=C1C2c1ccc(Cl)cc1. The first-order valence-corrected chi connectivity index (χ1v) is 15.3. The number of aromatic nitrogens is 1. The van der Waals surface area contributed by atoms with Crippen LogP contribution in [-0.2, 0) is 10.0 Å². The summed E-state index contributed by atoms with van der Waals surface area (Å²) < 4.78 is 35.0. The van der Waals surface area contributed by atoms with Crippen LogP contribution in [-0.4, -0.2) is 55.7 Å². The number of nitrogens with one attached hydrogen (secondary N) is 1. The predicted molar refractivity (Wildman–Crippen MR) is 160 cm³/mol. The van der Waals surface area contributed by atoms with E-state index in [2.05, 4.69) is 15.2 Å². The van der Waals surface area contributed by atoms with Gasteiger partial charge in [-0.15, -0.1) is 0 Å². The third-order valence-electron chi connectivity index (χ3n) is 7.72. The molecule has 0 spiro atoms. The fourth-order valence-electron chi connectivity index (χ4n) is 5.78. The number of hydrogen-bond donors (Lipinski definition) is 1. The number of nitrogens with zero attached hydrogens (tertiary/aromatic N) is 4. The van der Waals surface area contributed by atoms with Crippen molar-refractivity contribution in [3.05, 3.63) is 111 Å². The van der Waals surface area contributed by atoms with E-state index in [-0.39, 0.29) is 11.1 Å². The average Bonchev–Trinajstić information content (AvgIpc) is 3.46. The number of hydrogen-bond acceptors (Lipinski definition) is 7. The van der Waals surface area contributed by atoms with Gasteiger partial charge >= 0.3 is 0 Å². The molecule has 2 atom stereocenters. The zero-order valence-corrected chi connectivity index (χ0v) is 24.5. The van der Waals surface area contributed by atoms with Crippen molar-refractivity contribution in [1.82, 2.24) is 19.5 Å². The largest absolute Gasteiger partial charge is 0.436 e. The molecule has 3 aliphatic rings. The normalized spacial score (nSPS) is 19.8. The van der Waals surface area contributed by atoms with Gasteiger partial charge in [-0.1, -0.05) is 47.5 Å². The van der Waals surface area contributed by atoms with Crippen LogP contribution >= 0.6 is 23.2 Å². The number of benzene rings is 3. The second kappa shape index (κ2) is 9.73. The van der Waals surface area contributed by atoms with Gasteiger partial charge in [-0.3, -0.25) is 4.98 Å². The average molecular weight is 607 g/mol. The Kier molecular flexibility index (Phi) is 6.24. The molecule has 3 aromatic carbocycles. The molecule has 1 N–H and O–H groups in total. The molecule has 0 saturated carbocycles. The van der Waals surface area contributed by atoms with Gasteiger partial charge in [-0.05, 0) is 53.6 Å². The van der Waals surface area contributed by atoms with Gasteiger partial charge in [0.2, 0.25) is 15.9 Å². The Balaban J connectivity index is 1.53. The molecular formula is C30H25Cl2N5O3S. The van der Waals surface area contributed by atoms with Crippen molar-refractivity contribution in [2.24, 2.45) is 4.99 Å². The van der Waals surface area contributed by atoms with Crippen molar-refractivity contribution in [3.8, 4) is 5.75 Å². The number of halogens is 2. The summed E-state index contributed by atoms with van der Waals surface area (Å²) in [6, 6.07) is 20.5. The molecule has 1 saturated heterocycles. The van der Waals surface area contributed by atoms with Crippen LogP contribution in [0.3, 0.4) is 0 Å². The summed E-state index contributed by atoms with van der Waals surface area (Å²) in [4.78, 5) is 12.2. The van der Waals surface area contributed by atoms with Gasteiger partial charge in [-0.2, -0.15) is 0 Å². The van der Waals surface area contributed by atoms with Crippen LogP contribution in [0.1, 0.15) is 28.8 Å². The van der Waals surface area contributed by atoms with E-state index in [9.17, 15) is 8.42 Å². The number of fused-ring (bicyclic) bond motifs is 5. The maximum atomic E-state index is 13.6. The third-order valence-corrected chi connectivity index (χ3v) is 10.1. The van der Waals surface area contributed by atoms with Crippen LogP contribution in [0.5, 0.6) is 5.75 Å². The van der Waals surface area contributed by atoms with Gasteiger partial charge in [0.25, 0.3) is 0 Å². The van der Waals surface area contributed by atoms with E-state index in [4.69, 9.17) is 32.9 Å². The van der Waals surface area contributed by atoms with E-state index in [0.717, 1.165) is 35.6 Å². The van der Waals surface area contributed by atoms with E-state index >= 15 is 0 Å². The van der Waals surface area contributed by atoms with Crippen molar-refractivity contribution in [1.29, 1.82) is 0 Å². The van der Waals surface area contributed by atoms with Crippen LogP contribution < -0.4 is 10.1 Å². The van der Waals surface area contributed by atoms with Gasteiger partial charge in [0, 0.05) is 60.3 Å². The Hall–Kier alpha value is -3.63. The van der Waals surface area contributed by atoms with E-state index in [0.29, 0.717) is 38.2 Å². The molecule has 3 aliphatic heterocycles. The van der Waals surface area contributed by atoms with Crippen molar-refractivity contribution in [2.45, 2.75) is 17.0 Å². The van der Waals surface area contributed by atoms with Crippen LogP contribution in [0.4, 0.5) is 0 Å². The number of ether oxygens (including phenoxy) is 1. The van der Waals surface area contributed by atoms with Crippen molar-refractivity contribution in [3.63, 3.8) is 0 Å². The molecule has 0 bridgehead atoms. The Morgan fingerprint density at radius 1 is 1.00 bits per heavy atom. The first-order valence-electron chi connectivity index (χ1n) is 13.1. The van der Waals surface area contributed by atoms with Crippen molar-refractivity contribution >= 4 is 50.0 Å². The molecule has 0 aliphatic carbocycles. The summed E-state index contributed by atoms with van der Waals surface area (Å²) in [5.74, 6) is 1.46. The van der Waals surface area contributed by atoms with E-state index < -0.39 is 15.9 Å². The zero-order chi connectivity index (χ0) is 28.5. The highest BCUT2D eigenvalue weighted by atomic mass is 35.5. The third kappa shape index (κ3) is 4.18. The van der Waals surface area contributed by atoms with Crippen molar-refractivity contribution in [2.75, 3.05) is 27.2 Å². The molecule has 1 fully saturated rings. The molecule has 1 aromatic heterocycles. The molecule has 7 rings (SSSR count). The minimum absolute atomic E-state index is 0.170. The van der Waals surface area contributed by atoms with E-state index in [1.165, 1.54) is 18.4 Å². The van der Waals surface area contributed by atoms with Gasteiger partial charge in [0.05, 0.1) is 10.5 Å². The molecule has 2 unspecified atom stereocenters. The Labute approximate surface area is 247 Å². The summed E-state index contributed by atoms with van der Waals surface area (Å²) in [6.07, 6.45) is 1.32. The van der Waals surface area contributed by atoms with Crippen LogP contribution in [0.2, 0.25) is 10.0 Å². The molecule has 41 heavy (non-hydrogen) atoms. The smallest absolute Gasteiger partial charge is 0.243 e. The summed E-state index contributed by atoms with van der Waals surface area (Å²) >= 11 is 12.5. The molecular weight excluding hydrogens is 581 g/mol. The second-order valence-electron chi connectivity index (χ2n) is 10.3. The highest BCUT2D eigenvalue weighted by Gasteiger charge is 2.44. The molecule has 4 aromatic rings. The van der Waals surface area contributed by atoms with Crippen LogP contribution in [0.15, 0.2) is 94.2 Å². The predicted octanol–water partition coefficient (Wildman–Crippen LogP) is 5.54. The first kappa shape index (κ1) is 26.3. The van der Waals surface area contributed by atoms with E-state index in [1.807, 2.05) is 48.5 Å². The lowest BCUT2D eigenvalue weighted by Gasteiger charge is -2.39. The highest BCUT2D eigenvalue weighted by molar-refractivity contribution is 7.89. The minimum atomic E-state index is -3.81. The summed E-state index contributed by atoms with van der Waals surface area (Å²) in [7, 11) is -0.760. The van der Waals surface area contributed by atoms with Gasteiger partial charge < -0.3 is 15.0 Å². The second-order valence-corrected chi connectivity index (χ2v) is 13.3. The highest BCUT2D eigenvalue weighted by Crippen LogP contribution is 2.50. The fraction of sp³-hybridized carbons (Fsp3) is 0.200. The van der Waals surface area contributed by atoms with E-state index in [1.54, 1.807) is 24.4 Å². The molecule has 0 radical (unpaired) electrons. The number of aliphatic imine (C=N–C) groups is 1. The quantitative estimate of drug-likeness (QED) is 0.328. The lowest BCUT2D eigenvalue weighted by molar-refractivity contribution is 0.282. The Bertz CT molecular complexity index is 1870. The maximum absolute atomic E-state index is 13.6. The number of rotatable bonds is 4. The Morgan fingerprint density at radius 2 is 1.68 bits per heavy atom. The molecule has 11 heteroatoms. The number of sulfonamides is 1. The standard InChI is InChI=1S/C30H25Cl2N5O3S/c1-36(2)41(38,39)23-16-22-24(17-5-9-19(31)10-6-17)25-29-34-14-15-37(29)28(18-7-11-20(32)12-8-18)35-30(25)40-27(22)26-21(23)4-3-13-33-26/h3-13,16,24,28,34H,14-15H2,1-2H3. The minimum Gasteiger partial charge on any atom is -0.436 e. The first-order chi connectivity index (χ1) is 19.7.